The van der Waals surface area contributed by atoms with Gasteiger partial charge in [0.25, 0.3) is 0 Å². The second-order valence-electron chi connectivity index (χ2n) is 4.34. The zero-order valence-electron chi connectivity index (χ0n) is 10.6. The molecule has 0 fully saturated rings. The van der Waals surface area contributed by atoms with Gasteiger partial charge >= 0.3 is 0 Å². The monoisotopic (exact) mass is 265 g/mol. The quantitative estimate of drug-likeness (QED) is 0.851. The molecule has 0 saturated carbocycles. The van der Waals surface area contributed by atoms with E-state index in [9.17, 15) is 4.79 Å². The van der Waals surface area contributed by atoms with Gasteiger partial charge in [0.2, 0.25) is 17.6 Å². The molecule has 0 aromatic carbocycles. The molecule has 0 saturated heterocycles. The lowest BCUT2D eigenvalue weighted by Crippen LogP contribution is -2.30. The summed E-state index contributed by atoms with van der Waals surface area (Å²) in [4.78, 5) is 18.5. The van der Waals surface area contributed by atoms with Crippen LogP contribution in [0, 0.1) is 5.92 Å². The van der Waals surface area contributed by atoms with Crippen molar-refractivity contribution in [2.24, 2.45) is 5.92 Å². The Morgan fingerprint density at radius 1 is 1.56 bits per heavy atom. The third-order valence-electron chi connectivity index (χ3n) is 2.45. The van der Waals surface area contributed by atoms with Gasteiger partial charge in [-0.25, -0.2) is 0 Å². The Morgan fingerprint density at radius 2 is 2.33 bits per heavy atom. The van der Waals surface area contributed by atoms with Crippen LogP contribution in [0.3, 0.4) is 0 Å². The number of amides is 1. The van der Waals surface area contributed by atoms with Crippen molar-refractivity contribution < 1.29 is 9.32 Å². The van der Waals surface area contributed by atoms with Crippen molar-refractivity contribution >= 4 is 17.2 Å². The highest BCUT2D eigenvalue weighted by Gasteiger charge is 2.17. The van der Waals surface area contributed by atoms with Gasteiger partial charge in [-0.1, -0.05) is 25.1 Å². The Labute approximate surface area is 109 Å². The van der Waals surface area contributed by atoms with Crippen LogP contribution < -0.4 is 0 Å². The summed E-state index contributed by atoms with van der Waals surface area (Å²) in [6.07, 6.45) is 0. The fraction of sp³-hybridized carbons (Fsp3) is 0.417. The molecule has 2 aromatic heterocycles. The van der Waals surface area contributed by atoms with E-state index in [-0.39, 0.29) is 11.8 Å². The van der Waals surface area contributed by atoms with Gasteiger partial charge < -0.3 is 9.42 Å². The van der Waals surface area contributed by atoms with Crippen LogP contribution in [0.25, 0.3) is 10.7 Å². The zero-order valence-corrected chi connectivity index (χ0v) is 11.4. The lowest BCUT2D eigenvalue weighted by Gasteiger charge is -2.16. The molecule has 0 unspecified atom stereocenters. The smallest absolute Gasteiger partial charge is 0.246 e. The van der Waals surface area contributed by atoms with Crippen LogP contribution >= 0.6 is 11.3 Å². The van der Waals surface area contributed by atoms with Gasteiger partial charge in [0, 0.05) is 13.0 Å². The Kier molecular flexibility index (Phi) is 3.76. The van der Waals surface area contributed by atoms with E-state index in [0.717, 1.165) is 4.88 Å². The molecule has 0 aliphatic rings. The van der Waals surface area contributed by atoms with Crippen molar-refractivity contribution in [2.75, 3.05) is 7.05 Å². The molecular weight excluding hydrogens is 250 g/mol. The summed E-state index contributed by atoms with van der Waals surface area (Å²) in [7, 11) is 1.73. The minimum Gasteiger partial charge on any atom is -0.337 e. The van der Waals surface area contributed by atoms with Crippen LogP contribution in [0.15, 0.2) is 22.0 Å². The maximum Gasteiger partial charge on any atom is 0.246 e. The molecule has 2 aromatic rings. The fourth-order valence-electron chi connectivity index (χ4n) is 1.55. The van der Waals surface area contributed by atoms with E-state index in [1.807, 2.05) is 31.4 Å². The molecule has 2 heterocycles. The van der Waals surface area contributed by atoms with Crippen molar-refractivity contribution in [3.05, 3.63) is 23.4 Å². The van der Waals surface area contributed by atoms with Crippen molar-refractivity contribution in [3.63, 3.8) is 0 Å². The molecule has 18 heavy (non-hydrogen) atoms. The standard InChI is InChI=1S/C12H15N3O2S/c1-8(2)12(16)15(3)7-10-13-11(14-17-10)9-5-4-6-18-9/h4-6,8H,7H2,1-3H3. The molecule has 1 amide bonds. The highest BCUT2D eigenvalue weighted by Crippen LogP contribution is 2.21. The molecule has 5 nitrogen and oxygen atoms in total. The Morgan fingerprint density at radius 3 is 2.94 bits per heavy atom. The summed E-state index contributed by atoms with van der Waals surface area (Å²) < 4.78 is 5.14. The molecule has 0 aliphatic carbocycles. The Hall–Kier alpha value is -1.69. The summed E-state index contributed by atoms with van der Waals surface area (Å²) in [6, 6.07) is 3.87. The summed E-state index contributed by atoms with van der Waals surface area (Å²) in [5.41, 5.74) is 0. The fourth-order valence-corrected chi connectivity index (χ4v) is 2.20. The van der Waals surface area contributed by atoms with Gasteiger partial charge in [0.1, 0.15) is 0 Å². The van der Waals surface area contributed by atoms with E-state index in [4.69, 9.17) is 4.52 Å². The second kappa shape index (κ2) is 5.30. The van der Waals surface area contributed by atoms with Crippen molar-refractivity contribution in [1.29, 1.82) is 0 Å². The molecular formula is C12H15N3O2S. The third kappa shape index (κ3) is 2.76. The van der Waals surface area contributed by atoms with Crippen LogP contribution in [-0.4, -0.2) is 28.0 Å². The topological polar surface area (TPSA) is 59.2 Å². The molecule has 0 bridgehead atoms. The number of aromatic nitrogens is 2. The van der Waals surface area contributed by atoms with Crippen LogP contribution in [0.4, 0.5) is 0 Å². The maximum absolute atomic E-state index is 11.7. The lowest BCUT2D eigenvalue weighted by atomic mass is 10.2. The average Bonchev–Trinajstić information content (AvgIpc) is 2.96. The van der Waals surface area contributed by atoms with E-state index in [1.165, 1.54) is 0 Å². The number of rotatable bonds is 4. The number of hydrogen-bond acceptors (Lipinski definition) is 5. The van der Waals surface area contributed by atoms with Crippen LogP contribution in [0.2, 0.25) is 0 Å². The van der Waals surface area contributed by atoms with E-state index >= 15 is 0 Å². The van der Waals surface area contributed by atoms with Crippen molar-refractivity contribution in [1.82, 2.24) is 15.0 Å². The number of carbonyl (C=O) groups excluding carboxylic acids is 1. The molecule has 0 spiro atoms. The zero-order chi connectivity index (χ0) is 13.1. The molecule has 6 heteroatoms. The number of carbonyl (C=O) groups is 1. The molecule has 96 valence electrons. The Balaban J connectivity index is 2.05. The van der Waals surface area contributed by atoms with Gasteiger partial charge in [0.15, 0.2) is 0 Å². The predicted octanol–water partition coefficient (Wildman–Crippen LogP) is 2.41. The number of thiophene rings is 1. The second-order valence-corrected chi connectivity index (χ2v) is 5.29. The molecule has 0 aliphatic heterocycles. The van der Waals surface area contributed by atoms with Gasteiger partial charge in [-0.15, -0.1) is 11.3 Å². The largest absolute Gasteiger partial charge is 0.337 e. The van der Waals surface area contributed by atoms with E-state index < -0.39 is 0 Å². The predicted molar refractivity (Wildman–Crippen MR) is 68.9 cm³/mol. The SMILES string of the molecule is CC(C)C(=O)N(C)Cc1nc(-c2cccs2)no1. The highest BCUT2D eigenvalue weighted by atomic mass is 32.1. The third-order valence-corrected chi connectivity index (χ3v) is 3.32. The number of hydrogen-bond donors (Lipinski definition) is 0. The van der Waals surface area contributed by atoms with E-state index in [2.05, 4.69) is 10.1 Å². The van der Waals surface area contributed by atoms with E-state index in [0.29, 0.717) is 18.3 Å². The van der Waals surface area contributed by atoms with Gasteiger partial charge in [-0.05, 0) is 11.4 Å². The minimum absolute atomic E-state index is 0.0327. The minimum atomic E-state index is -0.0327. The van der Waals surface area contributed by atoms with E-state index in [1.54, 1.807) is 23.3 Å². The molecule has 0 atom stereocenters. The first-order valence-electron chi connectivity index (χ1n) is 5.69. The van der Waals surface area contributed by atoms with Crippen LogP contribution in [0.5, 0.6) is 0 Å². The lowest BCUT2D eigenvalue weighted by molar-refractivity contribution is -0.133. The first kappa shape index (κ1) is 12.8. The molecule has 0 radical (unpaired) electrons. The first-order valence-corrected chi connectivity index (χ1v) is 6.57. The summed E-state index contributed by atoms with van der Waals surface area (Å²) >= 11 is 1.55. The first-order chi connectivity index (χ1) is 8.58. The normalized spacial score (nSPS) is 10.9. The molecule has 0 N–H and O–H groups in total. The van der Waals surface area contributed by atoms with Gasteiger partial charge in [-0.3, -0.25) is 4.79 Å². The Bertz CT molecular complexity index is 519. The van der Waals surface area contributed by atoms with Crippen molar-refractivity contribution in [3.8, 4) is 10.7 Å². The van der Waals surface area contributed by atoms with Gasteiger partial charge in [0.05, 0.1) is 11.4 Å². The molecule has 2 rings (SSSR count). The number of nitrogens with zero attached hydrogens (tertiary/aromatic N) is 3. The average molecular weight is 265 g/mol. The van der Waals surface area contributed by atoms with Gasteiger partial charge in [-0.2, -0.15) is 4.98 Å². The van der Waals surface area contributed by atoms with Crippen LogP contribution in [0.1, 0.15) is 19.7 Å². The van der Waals surface area contributed by atoms with Crippen molar-refractivity contribution in [2.45, 2.75) is 20.4 Å². The summed E-state index contributed by atoms with van der Waals surface area (Å²) in [5, 5.41) is 5.86. The summed E-state index contributed by atoms with van der Waals surface area (Å²) in [5.74, 6) is 1.06. The maximum atomic E-state index is 11.7. The summed E-state index contributed by atoms with van der Waals surface area (Å²) in [6.45, 7) is 4.07. The van der Waals surface area contributed by atoms with Crippen LogP contribution in [-0.2, 0) is 11.3 Å². The highest BCUT2D eigenvalue weighted by molar-refractivity contribution is 7.13.